The van der Waals surface area contributed by atoms with Gasteiger partial charge in [0.1, 0.15) is 16.2 Å². The largest absolute Gasteiger partial charge is 0.340 e. The maximum absolute atomic E-state index is 12.8. The number of benzene rings is 1. The molecule has 0 unspecified atom stereocenters. The molecule has 1 N–H and O–H groups in total. The van der Waals surface area contributed by atoms with E-state index in [1.165, 1.54) is 11.3 Å². The lowest BCUT2D eigenvalue weighted by molar-refractivity contribution is 0.0887. The Hall–Kier alpha value is -2.25. The Bertz CT molecular complexity index is 929. The molecule has 0 spiro atoms. The minimum atomic E-state index is -0.571. The van der Waals surface area contributed by atoms with Crippen molar-refractivity contribution in [3.8, 4) is 10.6 Å². The molecule has 8 heteroatoms. The lowest BCUT2D eigenvalue weighted by atomic mass is 9.96. The number of carbonyl (C=O) groups excluding carboxylic acids is 1. The summed E-state index contributed by atoms with van der Waals surface area (Å²) in [6.45, 7) is 1.75. The Balaban J connectivity index is 1.57. The molecule has 0 radical (unpaired) electrons. The van der Waals surface area contributed by atoms with Crippen molar-refractivity contribution < 1.29 is 9.32 Å². The van der Waals surface area contributed by atoms with Crippen molar-refractivity contribution in [2.24, 2.45) is 0 Å². The number of nitrogens with one attached hydrogen (secondary N) is 1. The van der Waals surface area contributed by atoms with Gasteiger partial charge < -0.3 is 9.84 Å². The highest BCUT2D eigenvalue weighted by Gasteiger charge is 2.41. The lowest BCUT2D eigenvalue weighted by Gasteiger charge is -2.26. The Kier molecular flexibility index (Phi) is 4.50. The zero-order valence-corrected chi connectivity index (χ0v) is 15.7. The summed E-state index contributed by atoms with van der Waals surface area (Å²) >= 11 is 7.35. The van der Waals surface area contributed by atoms with Gasteiger partial charge in [-0.2, -0.15) is 4.98 Å². The third-order valence-corrected chi connectivity index (χ3v) is 5.74. The van der Waals surface area contributed by atoms with Crippen LogP contribution >= 0.6 is 22.9 Å². The van der Waals surface area contributed by atoms with Crippen LogP contribution in [0.1, 0.15) is 47.9 Å². The summed E-state index contributed by atoms with van der Waals surface area (Å²) in [5, 5.41) is 10.4. The monoisotopic (exact) mass is 388 g/mol. The molecule has 2 aromatic heterocycles. The van der Waals surface area contributed by atoms with Crippen molar-refractivity contribution in [3.05, 3.63) is 52.1 Å². The van der Waals surface area contributed by atoms with Crippen LogP contribution in [0.15, 0.2) is 34.2 Å². The molecule has 1 amide bonds. The summed E-state index contributed by atoms with van der Waals surface area (Å²) in [4.78, 5) is 21.6. The first-order valence-corrected chi connectivity index (χ1v) is 9.66. The van der Waals surface area contributed by atoms with Crippen LogP contribution < -0.4 is 5.32 Å². The number of hydrogen-bond acceptors (Lipinski definition) is 6. The molecule has 1 aliphatic rings. The molecule has 4 rings (SSSR count). The highest BCUT2D eigenvalue weighted by atomic mass is 35.5. The fraction of sp³-hybridized carbons (Fsp3) is 0.333. The number of thiazole rings is 1. The number of halogens is 1. The van der Waals surface area contributed by atoms with Crippen LogP contribution in [0.2, 0.25) is 5.02 Å². The SMILES string of the molecule is Cc1nc(C2(NC(=O)c3csc(-c4ccc(Cl)cc4)n3)CCCC2)no1. The Morgan fingerprint density at radius 3 is 2.62 bits per heavy atom. The number of rotatable bonds is 4. The van der Waals surface area contributed by atoms with Gasteiger partial charge in [-0.3, -0.25) is 4.79 Å². The summed E-state index contributed by atoms with van der Waals surface area (Å²) in [6, 6.07) is 7.40. The molecule has 0 aliphatic heterocycles. The van der Waals surface area contributed by atoms with E-state index < -0.39 is 5.54 Å². The van der Waals surface area contributed by atoms with Crippen molar-refractivity contribution >= 4 is 28.8 Å². The van der Waals surface area contributed by atoms with Gasteiger partial charge in [0.2, 0.25) is 5.89 Å². The Morgan fingerprint density at radius 2 is 1.96 bits per heavy atom. The number of aryl methyl sites for hydroxylation is 1. The molecule has 26 heavy (non-hydrogen) atoms. The van der Waals surface area contributed by atoms with E-state index in [1.807, 2.05) is 24.3 Å². The lowest BCUT2D eigenvalue weighted by Crippen LogP contribution is -2.44. The predicted octanol–water partition coefficient (Wildman–Crippen LogP) is 4.35. The number of nitrogens with zero attached hydrogens (tertiary/aromatic N) is 3. The molecule has 2 heterocycles. The van der Waals surface area contributed by atoms with E-state index in [2.05, 4.69) is 20.4 Å². The third-order valence-electron chi connectivity index (χ3n) is 4.59. The van der Waals surface area contributed by atoms with Gasteiger partial charge in [0, 0.05) is 22.9 Å². The van der Waals surface area contributed by atoms with E-state index in [4.69, 9.17) is 16.1 Å². The van der Waals surface area contributed by atoms with Crippen LogP contribution in [0.4, 0.5) is 0 Å². The van der Waals surface area contributed by atoms with E-state index in [0.717, 1.165) is 36.3 Å². The van der Waals surface area contributed by atoms with Crippen LogP contribution in [-0.2, 0) is 5.54 Å². The molecule has 1 aliphatic carbocycles. The highest BCUT2D eigenvalue weighted by Crippen LogP contribution is 2.37. The fourth-order valence-electron chi connectivity index (χ4n) is 3.26. The first-order chi connectivity index (χ1) is 12.6. The van der Waals surface area contributed by atoms with E-state index in [1.54, 1.807) is 12.3 Å². The molecular weight excluding hydrogens is 372 g/mol. The first kappa shape index (κ1) is 17.2. The molecular formula is C18H17ClN4O2S. The maximum atomic E-state index is 12.8. The summed E-state index contributed by atoms with van der Waals surface area (Å²) in [7, 11) is 0. The van der Waals surface area contributed by atoms with Crippen molar-refractivity contribution in [3.63, 3.8) is 0 Å². The van der Waals surface area contributed by atoms with Gasteiger partial charge in [0.05, 0.1) is 0 Å². The van der Waals surface area contributed by atoms with Crippen LogP contribution in [0.25, 0.3) is 10.6 Å². The fourth-order valence-corrected chi connectivity index (χ4v) is 4.19. The van der Waals surface area contributed by atoms with Crippen molar-refractivity contribution in [2.75, 3.05) is 0 Å². The summed E-state index contributed by atoms with van der Waals surface area (Å²) in [5.41, 5.74) is 0.757. The van der Waals surface area contributed by atoms with E-state index in [9.17, 15) is 4.79 Å². The minimum absolute atomic E-state index is 0.217. The van der Waals surface area contributed by atoms with E-state index in [-0.39, 0.29) is 5.91 Å². The zero-order valence-electron chi connectivity index (χ0n) is 14.2. The van der Waals surface area contributed by atoms with E-state index >= 15 is 0 Å². The number of hydrogen-bond donors (Lipinski definition) is 1. The average Bonchev–Trinajstić information content (AvgIpc) is 3.36. The average molecular weight is 389 g/mol. The van der Waals surface area contributed by atoms with Crippen molar-refractivity contribution in [2.45, 2.75) is 38.1 Å². The van der Waals surface area contributed by atoms with Gasteiger partial charge in [0.15, 0.2) is 5.82 Å². The number of aromatic nitrogens is 3. The van der Waals surface area contributed by atoms with Gasteiger partial charge in [-0.25, -0.2) is 4.98 Å². The highest BCUT2D eigenvalue weighted by molar-refractivity contribution is 7.13. The Morgan fingerprint density at radius 1 is 1.23 bits per heavy atom. The third kappa shape index (κ3) is 3.24. The molecule has 1 fully saturated rings. The normalized spacial score (nSPS) is 15.9. The summed E-state index contributed by atoms with van der Waals surface area (Å²) in [5.74, 6) is 0.832. The van der Waals surface area contributed by atoms with Gasteiger partial charge in [-0.1, -0.05) is 41.7 Å². The molecule has 0 bridgehead atoms. The second-order valence-corrected chi connectivity index (χ2v) is 7.72. The second kappa shape index (κ2) is 6.81. The van der Waals surface area contributed by atoms with Crippen LogP contribution in [0.3, 0.4) is 0 Å². The minimum Gasteiger partial charge on any atom is -0.340 e. The summed E-state index contributed by atoms with van der Waals surface area (Å²) in [6.07, 6.45) is 3.62. The molecule has 134 valence electrons. The molecule has 1 saturated carbocycles. The van der Waals surface area contributed by atoms with Gasteiger partial charge in [0.25, 0.3) is 5.91 Å². The molecule has 3 aromatic rings. The van der Waals surface area contributed by atoms with Crippen LogP contribution in [-0.4, -0.2) is 21.0 Å². The standard InChI is InChI=1S/C18H17ClN4O2S/c1-11-20-17(23-25-11)18(8-2-3-9-18)22-15(24)14-10-26-16(21-14)12-4-6-13(19)7-5-12/h4-7,10H,2-3,8-9H2,1H3,(H,22,24). The number of carbonyl (C=O) groups is 1. The quantitative estimate of drug-likeness (QED) is 0.718. The predicted molar refractivity (Wildman–Crippen MR) is 99.2 cm³/mol. The number of amides is 1. The first-order valence-electron chi connectivity index (χ1n) is 8.40. The maximum Gasteiger partial charge on any atom is 0.271 e. The second-order valence-electron chi connectivity index (χ2n) is 6.43. The van der Waals surface area contributed by atoms with E-state index in [0.29, 0.717) is 22.4 Å². The molecule has 6 nitrogen and oxygen atoms in total. The molecule has 1 aromatic carbocycles. The topological polar surface area (TPSA) is 80.9 Å². The van der Waals surface area contributed by atoms with Gasteiger partial charge in [-0.05, 0) is 25.0 Å². The molecule has 0 atom stereocenters. The van der Waals surface area contributed by atoms with Gasteiger partial charge in [-0.15, -0.1) is 11.3 Å². The van der Waals surface area contributed by atoms with Crippen LogP contribution in [0.5, 0.6) is 0 Å². The Labute approximate surface area is 159 Å². The van der Waals surface area contributed by atoms with Crippen LogP contribution in [0, 0.1) is 6.92 Å². The van der Waals surface area contributed by atoms with Crippen molar-refractivity contribution in [1.82, 2.24) is 20.4 Å². The smallest absolute Gasteiger partial charge is 0.271 e. The van der Waals surface area contributed by atoms with Gasteiger partial charge >= 0.3 is 0 Å². The van der Waals surface area contributed by atoms with Crippen molar-refractivity contribution in [1.29, 1.82) is 0 Å². The summed E-state index contributed by atoms with van der Waals surface area (Å²) < 4.78 is 5.12. The zero-order chi connectivity index (χ0) is 18.1. The molecule has 0 saturated heterocycles.